The molecule has 0 aromatic carbocycles. The average molecular weight is 263 g/mol. The summed E-state index contributed by atoms with van der Waals surface area (Å²) in [6.45, 7) is 7.17. The minimum Gasteiger partial charge on any atom is -0.466 e. The lowest BCUT2D eigenvalue weighted by Crippen LogP contribution is -2.38. The minimum atomic E-state index is -1.16. The zero-order chi connectivity index (χ0) is 12.3. The van der Waals surface area contributed by atoms with Gasteiger partial charge in [-0.3, -0.25) is 9.59 Å². The van der Waals surface area contributed by atoms with Gasteiger partial charge in [0.2, 0.25) is 5.24 Å². The summed E-state index contributed by atoms with van der Waals surface area (Å²) < 4.78 is 5.19. The lowest BCUT2D eigenvalue weighted by Gasteiger charge is -2.31. The molecule has 2 atom stereocenters. The monoisotopic (exact) mass is 262 g/mol. The molecule has 0 spiro atoms. The van der Waals surface area contributed by atoms with Gasteiger partial charge in [0, 0.05) is 14.0 Å². The summed E-state index contributed by atoms with van der Waals surface area (Å²) in [4.78, 5) is 22.5. The fraction of sp³-hybridized carbons (Fsp3) is 0.818. The fourth-order valence-corrected chi connectivity index (χ4v) is 2.59. The molecule has 1 aliphatic carbocycles. The van der Waals surface area contributed by atoms with Crippen molar-refractivity contribution in [3.8, 4) is 0 Å². The Kier molecular flexibility index (Phi) is 4.56. The molecule has 0 aromatic heterocycles. The van der Waals surface area contributed by atoms with Crippen LogP contribution in [0.15, 0.2) is 0 Å². The van der Waals surface area contributed by atoms with Gasteiger partial charge < -0.3 is 4.74 Å². The van der Waals surface area contributed by atoms with Crippen LogP contribution in [0.25, 0.3) is 0 Å². The third-order valence-corrected chi connectivity index (χ3v) is 4.95. The van der Waals surface area contributed by atoms with E-state index in [9.17, 15) is 9.59 Å². The molecule has 92 valence electrons. The Bertz CT molecular complexity index is 285. The number of halogens is 1. The molecule has 0 radical (unpaired) electrons. The van der Waals surface area contributed by atoms with Crippen molar-refractivity contribution in [3.63, 3.8) is 0 Å². The van der Waals surface area contributed by atoms with E-state index in [1.807, 2.05) is 0 Å². The molecule has 5 heteroatoms. The molecule has 1 rings (SSSR count). The van der Waals surface area contributed by atoms with E-state index in [1.165, 1.54) is 0 Å². The van der Waals surface area contributed by atoms with Crippen molar-refractivity contribution in [3.05, 3.63) is 0 Å². The zero-order valence-electron chi connectivity index (χ0n) is 10.1. The third-order valence-electron chi connectivity index (χ3n) is 2.97. The summed E-state index contributed by atoms with van der Waals surface area (Å²) in [6, 6.07) is 0.963. The van der Waals surface area contributed by atoms with E-state index in [2.05, 4.69) is 19.6 Å². The van der Waals surface area contributed by atoms with Crippen LogP contribution in [0.3, 0.4) is 0 Å². The maximum absolute atomic E-state index is 11.6. The van der Waals surface area contributed by atoms with Gasteiger partial charge in [0.25, 0.3) is 0 Å². The topological polar surface area (TPSA) is 43.4 Å². The third kappa shape index (κ3) is 3.90. The van der Waals surface area contributed by atoms with Crippen LogP contribution in [0, 0.1) is 11.8 Å². The Morgan fingerprint density at radius 2 is 1.81 bits per heavy atom. The zero-order valence-corrected chi connectivity index (χ0v) is 11.8. The molecule has 1 aliphatic rings. The number of rotatable bonds is 5. The predicted molar refractivity (Wildman–Crippen MR) is 66.2 cm³/mol. The first-order valence-corrected chi connectivity index (χ1v) is 9.76. The van der Waals surface area contributed by atoms with Gasteiger partial charge in [-0.15, -0.1) is 0 Å². The van der Waals surface area contributed by atoms with Crippen molar-refractivity contribution in [2.45, 2.75) is 38.5 Å². The van der Waals surface area contributed by atoms with Gasteiger partial charge in [-0.1, -0.05) is 19.6 Å². The summed E-state index contributed by atoms with van der Waals surface area (Å²) >= 11 is 5.39. The lowest BCUT2D eigenvalue weighted by atomic mass is 9.74. The highest BCUT2D eigenvalue weighted by molar-refractivity contribution is 6.76. The van der Waals surface area contributed by atoms with E-state index in [0.717, 1.165) is 18.9 Å². The van der Waals surface area contributed by atoms with Crippen molar-refractivity contribution in [2.75, 3.05) is 6.61 Å². The molecule has 2 unspecified atom stereocenters. The fourth-order valence-electron chi connectivity index (χ4n) is 1.62. The number of esters is 1. The van der Waals surface area contributed by atoms with Crippen LogP contribution >= 0.6 is 11.6 Å². The molecule has 0 saturated heterocycles. The van der Waals surface area contributed by atoms with Gasteiger partial charge in [0.1, 0.15) is 0 Å². The number of ether oxygens (including phenoxy) is 1. The molecular formula is C11H19ClO3Si. The minimum absolute atomic E-state index is 0.247. The Balaban J connectivity index is 2.28. The van der Waals surface area contributed by atoms with Gasteiger partial charge in [-0.2, -0.15) is 0 Å². The van der Waals surface area contributed by atoms with E-state index in [1.54, 1.807) is 0 Å². The van der Waals surface area contributed by atoms with Crippen LogP contribution in [-0.2, 0) is 14.3 Å². The Labute approximate surface area is 103 Å². The maximum atomic E-state index is 11.6. The number of carbonyl (C=O) groups is 2. The first-order valence-electron chi connectivity index (χ1n) is 5.67. The van der Waals surface area contributed by atoms with Crippen LogP contribution in [0.4, 0.5) is 0 Å². The van der Waals surface area contributed by atoms with Crippen molar-refractivity contribution in [2.24, 2.45) is 11.8 Å². The summed E-state index contributed by atoms with van der Waals surface area (Å²) in [5.74, 6) is -0.837. The average Bonchev–Trinajstić information content (AvgIpc) is 1.97. The number of hydrogen-bond acceptors (Lipinski definition) is 3. The van der Waals surface area contributed by atoms with Crippen molar-refractivity contribution in [1.82, 2.24) is 0 Å². The quantitative estimate of drug-likeness (QED) is 0.435. The number of carbonyl (C=O) groups excluding carboxylic acids is 2. The van der Waals surface area contributed by atoms with E-state index in [-0.39, 0.29) is 17.8 Å². The number of hydrogen-bond donors (Lipinski definition) is 0. The Morgan fingerprint density at radius 1 is 1.25 bits per heavy atom. The van der Waals surface area contributed by atoms with Crippen LogP contribution in [-0.4, -0.2) is 25.9 Å². The first kappa shape index (κ1) is 13.7. The van der Waals surface area contributed by atoms with Crippen LogP contribution in [0.2, 0.25) is 25.7 Å². The molecule has 1 saturated carbocycles. The van der Waals surface area contributed by atoms with Gasteiger partial charge in [0.15, 0.2) is 0 Å². The Morgan fingerprint density at radius 3 is 2.19 bits per heavy atom. The largest absolute Gasteiger partial charge is 0.466 e. The highest BCUT2D eigenvalue weighted by atomic mass is 35.5. The van der Waals surface area contributed by atoms with Gasteiger partial charge >= 0.3 is 5.97 Å². The molecule has 0 aliphatic heterocycles. The highest BCUT2D eigenvalue weighted by Gasteiger charge is 2.41. The molecular weight excluding hydrogens is 244 g/mol. The molecule has 0 aromatic rings. The van der Waals surface area contributed by atoms with Gasteiger partial charge in [-0.05, 0) is 30.5 Å². The van der Waals surface area contributed by atoms with E-state index in [4.69, 9.17) is 16.3 Å². The van der Waals surface area contributed by atoms with Crippen molar-refractivity contribution < 1.29 is 14.3 Å². The van der Waals surface area contributed by atoms with E-state index in [0.29, 0.717) is 6.61 Å². The second-order valence-corrected chi connectivity index (χ2v) is 11.6. The van der Waals surface area contributed by atoms with Crippen LogP contribution in [0.5, 0.6) is 0 Å². The molecule has 16 heavy (non-hydrogen) atoms. The standard InChI is InChI=1S/C11H19ClO3Si/c1-16(2,3)7-6-15-11(14)9-5-4-8(9)10(12)13/h8-9H,4-7H2,1-3H3. The maximum Gasteiger partial charge on any atom is 0.309 e. The SMILES string of the molecule is C[Si](C)(C)CCOC(=O)C1CCC1C(=O)Cl. The summed E-state index contributed by atoms with van der Waals surface area (Å²) in [5.41, 5.74) is 0. The van der Waals surface area contributed by atoms with E-state index < -0.39 is 13.3 Å². The summed E-state index contributed by atoms with van der Waals surface area (Å²) in [5, 5.41) is -0.404. The van der Waals surface area contributed by atoms with Crippen molar-refractivity contribution >= 4 is 30.9 Å². The molecule has 0 amide bonds. The summed E-state index contributed by atoms with van der Waals surface area (Å²) in [7, 11) is -1.16. The highest BCUT2D eigenvalue weighted by Crippen LogP contribution is 2.36. The molecule has 0 heterocycles. The molecule has 1 fully saturated rings. The van der Waals surface area contributed by atoms with Gasteiger partial charge in [0.05, 0.1) is 12.5 Å². The second kappa shape index (κ2) is 5.32. The van der Waals surface area contributed by atoms with Gasteiger partial charge in [-0.25, -0.2) is 0 Å². The normalized spacial score (nSPS) is 24.8. The first-order chi connectivity index (χ1) is 7.31. The second-order valence-electron chi connectivity index (χ2n) is 5.57. The van der Waals surface area contributed by atoms with E-state index >= 15 is 0 Å². The smallest absolute Gasteiger partial charge is 0.309 e. The Hall–Kier alpha value is -0.353. The van der Waals surface area contributed by atoms with Crippen LogP contribution < -0.4 is 0 Å². The molecule has 0 bridgehead atoms. The molecule has 3 nitrogen and oxygen atoms in total. The van der Waals surface area contributed by atoms with Crippen molar-refractivity contribution in [1.29, 1.82) is 0 Å². The van der Waals surface area contributed by atoms with Crippen LogP contribution in [0.1, 0.15) is 12.8 Å². The summed E-state index contributed by atoms with van der Waals surface area (Å²) in [6.07, 6.45) is 1.45. The lowest BCUT2D eigenvalue weighted by molar-refractivity contribution is -0.156. The predicted octanol–water partition coefficient (Wildman–Crippen LogP) is 2.66. The molecule has 0 N–H and O–H groups in total.